The van der Waals surface area contributed by atoms with Crippen molar-refractivity contribution in [3.63, 3.8) is 0 Å². The number of hydrogen-bond acceptors (Lipinski definition) is 3. The molecule has 6 heteroatoms. The molecule has 22 heavy (non-hydrogen) atoms. The molecule has 2 heterocycles. The molecule has 0 saturated carbocycles. The minimum atomic E-state index is 0.00926. The maximum absolute atomic E-state index is 12.0. The molecular weight excluding hydrogens is 278 g/mol. The zero-order valence-corrected chi connectivity index (χ0v) is 12.7. The highest BCUT2D eigenvalue weighted by atomic mass is 16.2. The van der Waals surface area contributed by atoms with E-state index in [1.807, 2.05) is 42.2 Å². The molecule has 1 aromatic carbocycles. The number of carbonyl (C=O) groups excluding carboxylic acids is 1. The van der Waals surface area contributed by atoms with E-state index in [9.17, 15) is 4.79 Å². The second-order valence-corrected chi connectivity index (χ2v) is 5.53. The fourth-order valence-corrected chi connectivity index (χ4v) is 2.82. The van der Waals surface area contributed by atoms with Gasteiger partial charge < -0.3 is 10.2 Å². The molecule has 1 aliphatic heterocycles. The van der Waals surface area contributed by atoms with Crippen LogP contribution < -0.4 is 5.32 Å². The Morgan fingerprint density at radius 2 is 2.23 bits per heavy atom. The first-order valence-electron chi connectivity index (χ1n) is 7.78. The summed E-state index contributed by atoms with van der Waals surface area (Å²) >= 11 is 0. The molecule has 2 N–H and O–H groups in total. The van der Waals surface area contributed by atoms with E-state index in [1.165, 1.54) is 0 Å². The lowest BCUT2D eigenvalue weighted by Crippen LogP contribution is -2.45. The Kier molecular flexibility index (Phi) is 4.37. The lowest BCUT2D eigenvalue weighted by Gasteiger charge is -2.31. The minimum Gasteiger partial charge on any atom is -0.338 e. The van der Waals surface area contributed by atoms with Crippen LogP contribution in [0.25, 0.3) is 11.4 Å². The van der Waals surface area contributed by atoms with Gasteiger partial charge in [-0.05, 0) is 19.8 Å². The van der Waals surface area contributed by atoms with Gasteiger partial charge in [0.1, 0.15) is 5.82 Å². The molecular formula is C16H21N5O. The van der Waals surface area contributed by atoms with Gasteiger partial charge in [-0.2, -0.15) is 5.10 Å². The first-order valence-corrected chi connectivity index (χ1v) is 7.78. The van der Waals surface area contributed by atoms with Gasteiger partial charge in [-0.3, -0.25) is 5.10 Å². The van der Waals surface area contributed by atoms with Gasteiger partial charge in [-0.25, -0.2) is 9.78 Å². The molecule has 1 fully saturated rings. The normalized spacial score (nSPS) is 18.2. The Hall–Kier alpha value is -2.37. The highest BCUT2D eigenvalue weighted by molar-refractivity contribution is 5.74. The highest BCUT2D eigenvalue weighted by Crippen LogP contribution is 2.26. The van der Waals surface area contributed by atoms with Gasteiger partial charge >= 0.3 is 6.03 Å². The van der Waals surface area contributed by atoms with Crippen molar-refractivity contribution < 1.29 is 4.79 Å². The maximum atomic E-state index is 12.0. The predicted molar refractivity (Wildman–Crippen MR) is 84.4 cm³/mol. The zero-order chi connectivity index (χ0) is 15.4. The third-order valence-electron chi connectivity index (χ3n) is 3.96. The molecule has 6 nitrogen and oxygen atoms in total. The summed E-state index contributed by atoms with van der Waals surface area (Å²) in [4.78, 5) is 18.5. The smallest absolute Gasteiger partial charge is 0.317 e. The molecule has 0 aliphatic carbocycles. The van der Waals surface area contributed by atoms with Crippen molar-refractivity contribution in [3.8, 4) is 11.4 Å². The standard InChI is InChI=1S/C16H21N5O/c1-2-17-16(22)21-10-6-9-13(11-21)15-18-14(19-20-15)12-7-4-3-5-8-12/h3-5,7-8,13H,2,6,9-11H2,1H3,(H,17,22)(H,18,19,20). The molecule has 116 valence electrons. The molecule has 3 rings (SSSR count). The molecule has 0 radical (unpaired) electrons. The molecule has 2 aromatic rings. The van der Waals surface area contributed by atoms with E-state index >= 15 is 0 Å². The average Bonchev–Trinajstić information content (AvgIpc) is 3.06. The predicted octanol–water partition coefficient (Wildman–Crippen LogP) is 2.38. The van der Waals surface area contributed by atoms with Crippen molar-refractivity contribution in [2.24, 2.45) is 0 Å². The third kappa shape index (κ3) is 3.10. The van der Waals surface area contributed by atoms with E-state index in [0.717, 1.165) is 30.8 Å². The second kappa shape index (κ2) is 6.60. The monoisotopic (exact) mass is 299 g/mol. The molecule has 1 saturated heterocycles. The summed E-state index contributed by atoms with van der Waals surface area (Å²) < 4.78 is 0. The van der Waals surface area contributed by atoms with Crippen LogP contribution in [0.15, 0.2) is 30.3 Å². The van der Waals surface area contributed by atoms with Crippen molar-refractivity contribution in [3.05, 3.63) is 36.2 Å². The first-order chi connectivity index (χ1) is 10.8. The first kappa shape index (κ1) is 14.6. The van der Waals surface area contributed by atoms with Gasteiger partial charge in [0.15, 0.2) is 5.82 Å². The van der Waals surface area contributed by atoms with Crippen molar-refractivity contribution in [2.75, 3.05) is 19.6 Å². The SMILES string of the molecule is CCNC(=O)N1CCCC(c2nc(-c3ccccc3)n[nH]2)C1. The number of amides is 2. The van der Waals surface area contributed by atoms with Gasteiger partial charge in [0.05, 0.1) is 0 Å². The summed E-state index contributed by atoms with van der Waals surface area (Å²) in [7, 11) is 0. The van der Waals surface area contributed by atoms with Crippen LogP contribution in [0, 0.1) is 0 Å². The molecule has 1 atom stereocenters. The van der Waals surface area contributed by atoms with E-state index in [4.69, 9.17) is 0 Å². The van der Waals surface area contributed by atoms with Gasteiger partial charge in [0, 0.05) is 31.1 Å². The Morgan fingerprint density at radius 3 is 3.00 bits per heavy atom. The largest absolute Gasteiger partial charge is 0.338 e. The fraction of sp³-hybridized carbons (Fsp3) is 0.438. The maximum Gasteiger partial charge on any atom is 0.317 e. The molecule has 2 amide bonds. The molecule has 0 bridgehead atoms. The van der Waals surface area contributed by atoms with Crippen molar-refractivity contribution in [2.45, 2.75) is 25.7 Å². The van der Waals surface area contributed by atoms with Crippen molar-refractivity contribution in [1.29, 1.82) is 0 Å². The molecule has 1 aliphatic rings. The van der Waals surface area contributed by atoms with E-state index in [1.54, 1.807) is 0 Å². The van der Waals surface area contributed by atoms with Crippen LogP contribution in [0.3, 0.4) is 0 Å². The number of H-pyrrole nitrogens is 1. The lowest BCUT2D eigenvalue weighted by molar-refractivity contribution is 0.179. The summed E-state index contributed by atoms with van der Waals surface area (Å²) in [5, 5.41) is 10.2. The van der Waals surface area contributed by atoms with Gasteiger partial charge in [0.2, 0.25) is 0 Å². The third-order valence-corrected chi connectivity index (χ3v) is 3.96. The topological polar surface area (TPSA) is 73.9 Å². The van der Waals surface area contributed by atoms with Crippen molar-refractivity contribution in [1.82, 2.24) is 25.4 Å². The number of hydrogen-bond donors (Lipinski definition) is 2. The highest BCUT2D eigenvalue weighted by Gasteiger charge is 2.26. The summed E-state index contributed by atoms with van der Waals surface area (Å²) in [5.41, 5.74) is 1.00. The van der Waals surface area contributed by atoms with Crippen molar-refractivity contribution >= 4 is 6.03 Å². The number of benzene rings is 1. The number of rotatable bonds is 3. The number of nitrogens with one attached hydrogen (secondary N) is 2. The lowest BCUT2D eigenvalue weighted by atomic mass is 9.97. The number of aromatic nitrogens is 3. The van der Waals surface area contributed by atoms with E-state index in [2.05, 4.69) is 20.5 Å². The Bertz CT molecular complexity index is 624. The summed E-state index contributed by atoms with van der Waals surface area (Å²) in [5.74, 6) is 1.81. The van der Waals surface area contributed by atoms with E-state index in [0.29, 0.717) is 18.9 Å². The van der Waals surface area contributed by atoms with Crippen LogP contribution in [0.4, 0.5) is 4.79 Å². The van der Waals surface area contributed by atoms with Gasteiger partial charge in [-0.1, -0.05) is 30.3 Å². The number of likely N-dealkylation sites (tertiary alicyclic amines) is 1. The number of aromatic amines is 1. The Labute approximate surface area is 129 Å². The molecule has 1 aromatic heterocycles. The quantitative estimate of drug-likeness (QED) is 0.914. The van der Waals surface area contributed by atoms with Crippen LogP contribution in [0.5, 0.6) is 0 Å². The number of urea groups is 1. The van der Waals surface area contributed by atoms with Crippen LogP contribution in [0.2, 0.25) is 0 Å². The number of carbonyl (C=O) groups is 1. The van der Waals surface area contributed by atoms with Gasteiger partial charge in [-0.15, -0.1) is 0 Å². The second-order valence-electron chi connectivity index (χ2n) is 5.53. The number of piperidine rings is 1. The van der Waals surface area contributed by atoms with E-state index < -0.39 is 0 Å². The zero-order valence-electron chi connectivity index (χ0n) is 12.7. The Balaban J connectivity index is 1.72. The summed E-state index contributed by atoms with van der Waals surface area (Å²) in [6.45, 7) is 4.08. The number of nitrogens with zero attached hydrogens (tertiary/aromatic N) is 3. The van der Waals surface area contributed by atoms with Crippen LogP contribution in [-0.4, -0.2) is 45.7 Å². The summed E-state index contributed by atoms with van der Waals surface area (Å²) in [6.07, 6.45) is 2.02. The average molecular weight is 299 g/mol. The van der Waals surface area contributed by atoms with Gasteiger partial charge in [0.25, 0.3) is 0 Å². The van der Waals surface area contributed by atoms with Crippen LogP contribution >= 0.6 is 0 Å². The molecule has 1 unspecified atom stereocenters. The van der Waals surface area contributed by atoms with Crippen LogP contribution in [-0.2, 0) is 0 Å². The van der Waals surface area contributed by atoms with E-state index in [-0.39, 0.29) is 11.9 Å². The Morgan fingerprint density at radius 1 is 1.41 bits per heavy atom. The fourth-order valence-electron chi connectivity index (χ4n) is 2.82. The molecule has 0 spiro atoms. The van der Waals surface area contributed by atoms with Crippen LogP contribution in [0.1, 0.15) is 31.5 Å². The minimum absolute atomic E-state index is 0.00926. The summed E-state index contributed by atoms with van der Waals surface area (Å²) in [6, 6.07) is 9.92.